The summed E-state index contributed by atoms with van der Waals surface area (Å²) in [5.41, 5.74) is 3.97. The molecule has 0 bridgehead atoms. The molecule has 1 N–H and O–H groups in total. The van der Waals surface area contributed by atoms with Gasteiger partial charge in [-0.2, -0.15) is 0 Å². The van der Waals surface area contributed by atoms with Crippen molar-refractivity contribution in [3.63, 3.8) is 0 Å². The van der Waals surface area contributed by atoms with Crippen LogP contribution in [0.3, 0.4) is 0 Å². The number of aryl methyl sites for hydroxylation is 1. The highest BCUT2D eigenvalue weighted by Gasteiger charge is 2.45. The summed E-state index contributed by atoms with van der Waals surface area (Å²) >= 11 is 0. The van der Waals surface area contributed by atoms with Crippen LogP contribution in [-0.4, -0.2) is 19.4 Å². The maximum absolute atomic E-state index is 11.2. The second-order valence-electron chi connectivity index (χ2n) is 7.05. The van der Waals surface area contributed by atoms with Crippen LogP contribution in [0.2, 0.25) is 16.6 Å². The lowest BCUT2D eigenvalue weighted by Crippen LogP contribution is -2.47. The molecule has 0 heterocycles. The molecule has 4 heteroatoms. The molecular weight excluding hydrogens is 292 g/mol. The smallest absolute Gasteiger partial charge is 0.335 e. The minimum atomic E-state index is -1.93. The van der Waals surface area contributed by atoms with E-state index in [1.807, 2.05) is 13.0 Å². The lowest BCUT2D eigenvalue weighted by atomic mass is 10.1. The van der Waals surface area contributed by atoms with Crippen molar-refractivity contribution in [1.29, 1.82) is 0 Å². The fourth-order valence-electron chi connectivity index (χ4n) is 3.66. The average molecular weight is 323 g/mol. The summed E-state index contributed by atoms with van der Waals surface area (Å²) in [6.45, 7) is 16.1. The van der Waals surface area contributed by atoms with Crippen LogP contribution in [-0.2, 0) is 11.0 Å². The zero-order valence-corrected chi connectivity index (χ0v) is 15.9. The number of hydrogen-bond acceptors (Lipinski definition) is 2. The molecule has 0 unspecified atom stereocenters. The standard InChI is InChI=1S/C18H30O3Si/c1-12(2)22(13(3)4,14(5)6)21-11-17-10-16(18(19)20)9-8-15(17)7/h8-10,12-14H,11H2,1-7H3,(H,19,20). The van der Waals surface area contributed by atoms with Gasteiger partial charge in [-0.3, -0.25) is 0 Å². The summed E-state index contributed by atoms with van der Waals surface area (Å²) in [7, 11) is -1.93. The lowest BCUT2D eigenvalue weighted by Gasteiger charge is -2.42. The summed E-state index contributed by atoms with van der Waals surface area (Å²) in [6, 6.07) is 5.27. The molecule has 0 aromatic heterocycles. The SMILES string of the molecule is Cc1ccc(C(=O)O)cc1CO[Si](C(C)C)(C(C)C)C(C)C. The second kappa shape index (κ2) is 7.42. The van der Waals surface area contributed by atoms with Gasteiger partial charge in [0.25, 0.3) is 0 Å². The van der Waals surface area contributed by atoms with Crippen LogP contribution in [0.25, 0.3) is 0 Å². The molecule has 1 aromatic rings. The van der Waals surface area contributed by atoms with Crippen molar-refractivity contribution >= 4 is 14.3 Å². The first-order valence-corrected chi connectivity index (χ1v) is 10.2. The summed E-state index contributed by atoms with van der Waals surface area (Å²) in [6.07, 6.45) is 0. The highest BCUT2D eigenvalue weighted by atomic mass is 28.4. The summed E-state index contributed by atoms with van der Waals surface area (Å²) in [4.78, 5) is 11.2. The van der Waals surface area contributed by atoms with Gasteiger partial charge in [-0.15, -0.1) is 0 Å². The Hall–Kier alpha value is -1.13. The highest BCUT2D eigenvalue weighted by molar-refractivity contribution is 6.77. The molecular formula is C18H30O3Si. The Balaban J connectivity index is 3.08. The van der Waals surface area contributed by atoms with E-state index in [0.29, 0.717) is 28.8 Å². The van der Waals surface area contributed by atoms with Crippen molar-refractivity contribution in [2.24, 2.45) is 0 Å². The maximum Gasteiger partial charge on any atom is 0.335 e. The van der Waals surface area contributed by atoms with E-state index in [0.717, 1.165) is 11.1 Å². The molecule has 0 saturated carbocycles. The topological polar surface area (TPSA) is 46.5 Å². The molecule has 0 amide bonds. The van der Waals surface area contributed by atoms with Crippen LogP contribution in [0.5, 0.6) is 0 Å². The number of hydrogen-bond donors (Lipinski definition) is 1. The van der Waals surface area contributed by atoms with Gasteiger partial charge >= 0.3 is 5.97 Å². The molecule has 3 nitrogen and oxygen atoms in total. The molecule has 0 spiro atoms. The molecule has 0 fully saturated rings. The third-order valence-corrected chi connectivity index (χ3v) is 10.8. The summed E-state index contributed by atoms with van der Waals surface area (Å²) < 4.78 is 6.56. The first kappa shape index (κ1) is 18.9. The van der Waals surface area contributed by atoms with E-state index in [2.05, 4.69) is 41.5 Å². The van der Waals surface area contributed by atoms with Crippen LogP contribution in [0.1, 0.15) is 63.0 Å². The third-order valence-electron chi connectivity index (χ3n) is 4.78. The fraction of sp³-hybridized carbons (Fsp3) is 0.611. The van der Waals surface area contributed by atoms with Crippen LogP contribution in [0.4, 0.5) is 0 Å². The molecule has 0 aliphatic heterocycles. The zero-order chi connectivity index (χ0) is 17.1. The normalized spacial score (nSPS) is 12.5. The van der Waals surface area contributed by atoms with Crippen molar-refractivity contribution < 1.29 is 14.3 Å². The van der Waals surface area contributed by atoms with E-state index in [1.165, 1.54) is 0 Å². The Morgan fingerprint density at radius 2 is 1.59 bits per heavy atom. The number of rotatable bonds is 7. The van der Waals surface area contributed by atoms with Crippen molar-refractivity contribution in [1.82, 2.24) is 0 Å². The highest BCUT2D eigenvalue weighted by Crippen LogP contribution is 2.42. The maximum atomic E-state index is 11.2. The molecule has 1 rings (SSSR count). The van der Waals surface area contributed by atoms with Crippen LogP contribution in [0.15, 0.2) is 18.2 Å². The van der Waals surface area contributed by atoms with Crippen LogP contribution >= 0.6 is 0 Å². The first-order chi connectivity index (χ1) is 10.1. The minimum Gasteiger partial charge on any atom is -0.478 e. The fourth-order valence-corrected chi connectivity index (χ4v) is 9.07. The summed E-state index contributed by atoms with van der Waals surface area (Å²) in [5.74, 6) is -0.888. The first-order valence-electron chi connectivity index (χ1n) is 8.09. The lowest BCUT2D eigenvalue weighted by molar-refractivity contribution is 0.0696. The van der Waals surface area contributed by atoms with Crippen molar-refractivity contribution in [2.45, 2.75) is 71.7 Å². The van der Waals surface area contributed by atoms with Gasteiger partial charge in [-0.1, -0.05) is 47.6 Å². The zero-order valence-electron chi connectivity index (χ0n) is 14.9. The largest absolute Gasteiger partial charge is 0.478 e. The average Bonchev–Trinajstić information content (AvgIpc) is 2.39. The number of carbonyl (C=O) groups is 1. The van der Waals surface area contributed by atoms with E-state index in [-0.39, 0.29) is 0 Å². The molecule has 0 aliphatic rings. The van der Waals surface area contributed by atoms with Gasteiger partial charge in [0, 0.05) is 0 Å². The molecule has 1 aromatic carbocycles. The molecule has 0 atom stereocenters. The van der Waals surface area contributed by atoms with E-state index < -0.39 is 14.3 Å². The Morgan fingerprint density at radius 1 is 1.09 bits per heavy atom. The van der Waals surface area contributed by atoms with Crippen LogP contribution in [0, 0.1) is 6.92 Å². The third kappa shape index (κ3) is 3.79. The second-order valence-corrected chi connectivity index (χ2v) is 12.5. The van der Waals surface area contributed by atoms with E-state index >= 15 is 0 Å². The van der Waals surface area contributed by atoms with E-state index in [9.17, 15) is 4.79 Å². The summed E-state index contributed by atoms with van der Waals surface area (Å²) in [5, 5.41) is 9.16. The monoisotopic (exact) mass is 322 g/mol. The Kier molecular flexibility index (Phi) is 6.38. The molecule has 0 saturated heterocycles. The Labute approximate surface area is 135 Å². The van der Waals surface area contributed by atoms with Gasteiger partial charge in [0.15, 0.2) is 0 Å². The molecule has 0 radical (unpaired) electrons. The van der Waals surface area contributed by atoms with E-state index in [4.69, 9.17) is 9.53 Å². The molecule has 124 valence electrons. The van der Waals surface area contributed by atoms with Crippen molar-refractivity contribution in [2.75, 3.05) is 0 Å². The Morgan fingerprint density at radius 3 is 2.00 bits per heavy atom. The van der Waals surface area contributed by atoms with Gasteiger partial charge in [-0.25, -0.2) is 4.79 Å². The quantitative estimate of drug-likeness (QED) is 0.685. The molecule has 0 aliphatic carbocycles. The van der Waals surface area contributed by atoms with Gasteiger partial charge in [0.2, 0.25) is 8.32 Å². The van der Waals surface area contributed by atoms with Gasteiger partial charge in [-0.05, 0) is 46.8 Å². The van der Waals surface area contributed by atoms with Crippen molar-refractivity contribution in [3.8, 4) is 0 Å². The predicted molar refractivity (Wildman–Crippen MR) is 94.0 cm³/mol. The number of carboxylic acid groups (broad SMARTS) is 1. The van der Waals surface area contributed by atoms with Crippen LogP contribution < -0.4 is 0 Å². The molecule has 22 heavy (non-hydrogen) atoms. The van der Waals surface area contributed by atoms with E-state index in [1.54, 1.807) is 12.1 Å². The number of benzene rings is 1. The number of carboxylic acids is 1. The van der Waals surface area contributed by atoms with Gasteiger partial charge in [0.1, 0.15) is 0 Å². The van der Waals surface area contributed by atoms with Gasteiger partial charge in [0.05, 0.1) is 12.2 Å². The Bertz CT molecular complexity index is 499. The predicted octanol–water partition coefficient (Wildman–Crippen LogP) is 5.39. The van der Waals surface area contributed by atoms with Gasteiger partial charge < -0.3 is 9.53 Å². The minimum absolute atomic E-state index is 0.329. The van der Waals surface area contributed by atoms with Crippen molar-refractivity contribution in [3.05, 3.63) is 34.9 Å². The number of aromatic carboxylic acids is 1.